The average molecular weight is 455 g/mol. The number of ether oxygens (including phenoxy) is 1. The molecule has 1 fully saturated rings. The van der Waals surface area contributed by atoms with Gasteiger partial charge in [0.05, 0.1) is 18.2 Å². The molecule has 1 aliphatic rings. The topological polar surface area (TPSA) is 66.9 Å². The maximum Gasteiger partial charge on any atom is 0.253 e. The van der Waals surface area contributed by atoms with E-state index in [4.69, 9.17) is 16.3 Å². The van der Waals surface area contributed by atoms with Crippen molar-refractivity contribution in [2.24, 2.45) is 0 Å². The van der Waals surface area contributed by atoms with E-state index in [1.807, 2.05) is 30.5 Å². The lowest BCUT2D eigenvalue weighted by Crippen LogP contribution is -2.40. The number of nitrogens with zero attached hydrogens (tertiary/aromatic N) is 2. The Kier molecular flexibility index (Phi) is 7.23. The van der Waals surface area contributed by atoms with Gasteiger partial charge in [-0.1, -0.05) is 23.7 Å². The van der Waals surface area contributed by atoms with Crippen LogP contribution < -0.4 is 0 Å². The molecule has 0 saturated carbocycles. The number of carbonyl (C=O) groups excluding carboxylic acids is 1. The van der Waals surface area contributed by atoms with Gasteiger partial charge in [-0.15, -0.1) is 11.8 Å². The highest BCUT2D eigenvalue weighted by Gasteiger charge is 2.29. The minimum atomic E-state index is -3.79. The zero-order valence-electron chi connectivity index (χ0n) is 16.3. The van der Waals surface area contributed by atoms with Gasteiger partial charge in [-0.25, -0.2) is 8.42 Å². The number of hydrogen-bond acceptors (Lipinski definition) is 5. The maximum absolute atomic E-state index is 13.0. The molecule has 1 amide bonds. The third-order valence-corrected chi connectivity index (χ3v) is 7.82. The lowest BCUT2D eigenvalue weighted by molar-refractivity contribution is 0.0730. The Balaban J connectivity index is 1.81. The number of halogens is 1. The molecule has 0 atom stereocenters. The van der Waals surface area contributed by atoms with Crippen LogP contribution in [0.5, 0.6) is 0 Å². The van der Waals surface area contributed by atoms with Gasteiger partial charge in [0.2, 0.25) is 10.0 Å². The number of amides is 1. The third-order valence-electron chi connectivity index (χ3n) is 4.69. The van der Waals surface area contributed by atoms with Gasteiger partial charge >= 0.3 is 0 Å². The number of rotatable bonds is 6. The first-order valence-electron chi connectivity index (χ1n) is 9.09. The average Bonchev–Trinajstić information content (AvgIpc) is 2.74. The lowest BCUT2D eigenvalue weighted by atomic mass is 10.1. The molecule has 3 rings (SSSR count). The smallest absolute Gasteiger partial charge is 0.253 e. The normalized spacial score (nSPS) is 15.3. The van der Waals surface area contributed by atoms with Crippen LogP contribution in [-0.4, -0.2) is 63.1 Å². The minimum absolute atomic E-state index is 0.0513. The highest BCUT2D eigenvalue weighted by molar-refractivity contribution is 7.98. The van der Waals surface area contributed by atoms with Crippen LogP contribution in [0.15, 0.2) is 52.3 Å². The van der Waals surface area contributed by atoms with Crippen molar-refractivity contribution in [2.45, 2.75) is 16.3 Å². The van der Waals surface area contributed by atoms with E-state index in [-0.39, 0.29) is 34.5 Å². The van der Waals surface area contributed by atoms with Crippen molar-refractivity contribution in [2.75, 3.05) is 39.6 Å². The second-order valence-electron chi connectivity index (χ2n) is 6.67. The van der Waals surface area contributed by atoms with E-state index < -0.39 is 10.0 Å². The molecule has 1 saturated heterocycles. The highest BCUT2D eigenvalue weighted by Crippen LogP contribution is 2.27. The van der Waals surface area contributed by atoms with E-state index in [1.54, 1.807) is 29.8 Å². The summed E-state index contributed by atoms with van der Waals surface area (Å²) in [6.07, 6.45) is 2.01. The predicted octanol–water partition coefficient (Wildman–Crippen LogP) is 3.36. The van der Waals surface area contributed by atoms with Gasteiger partial charge < -0.3 is 9.64 Å². The molecule has 0 aliphatic carbocycles. The van der Waals surface area contributed by atoms with Crippen LogP contribution in [0.25, 0.3) is 0 Å². The van der Waals surface area contributed by atoms with Gasteiger partial charge in [-0.2, -0.15) is 4.31 Å². The molecule has 0 unspecified atom stereocenters. The summed E-state index contributed by atoms with van der Waals surface area (Å²) >= 11 is 7.83. The lowest BCUT2D eigenvalue weighted by Gasteiger charge is -2.26. The summed E-state index contributed by atoms with van der Waals surface area (Å²) < 4.78 is 32.5. The summed E-state index contributed by atoms with van der Waals surface area (Å²) in [6, 6.07) is 12.3. The molecule has 156 valence electrons. The Hall–Kier alpha value is -1.58. The highest BCUT2D eigenvalue weighted by atomic mass is 35.5. The minimum Gasteiger partial charge on any atom is -0.379 e. The van der Waals surface area contributed by atoms with Crippen LogP contribution >= 0.6 is 23.4 Å². The quantitative estimate of drug-likeness (QED) is 0.626. The van der Waals surface area contributed by atoms with Gasteiger partial charge in [0.25, 0.3) is 5.91 Å². The van der Waals surface area contributed by atoms with Crippen molar-refractivity contribution in [3.63, 3.8) is 0 Å². The van der Waals surface area contributed by atoms with Gasteiger partial charge in [0.15, 0.2) is 0 Å². The second kappa shape index (κ2) is 9.49. The molecule has 0 N–H and O–H groups in total. The summed E-state index contributed by atoms with van der Waals surface area (Å²) in [6.45, 7) is 1.63. The predicted molar refractivity (Wildman–Crippen MR) is 115 cm³/mol. The molecule has 2 aromatic rings. The molecule has 6 nitrogen and oxygen atoms in total. The van der Waals surface area contributed by atoms with E-state index in [1.165, 1.54) is 16.4 Å². The number of sulfonamides is 1. The monoisotopic (exact) mass is 454 g/mol. The number of hydrogen-bond donors (Lipinski definition) is 0. The fraction of sp³-hybridized carbons (Fsp3) is 0.350. The Morgan fingerprint density at radius 2 is 1.83 bits per heavy atom. The molecular formula is C20H23ClN2O4S2. The number of morpholine rings is 1. The van der Waals surface area contributed by atoms with Crippen LogP contribution in [-0.2, 0) is 21.3 Å². The first-order valence-corrected chi connectivity index (χ1v) is 12.1. The van der Waals surface area contributed by atoms with Crippen molar-refractivity contribution < 1.29 is 17.9 Å². The molecular weight excluding hydrogens is 432 g/mol. The van der Waals surface area contributed by atoms with Crippen molar-refractivity contribution in [3.8, 4) is 0 Å². The van der Waals surface area contributed by atoms with Crippen molar-refractivity contribution >= 4 is 39.3 Å². The van der Waals surface area contributed by atoms with E-state index in [9.17, 15) is 13.2 Å². The van der Waals surface area contributed by atoms with Crippen molar-refractivity contribution in [1.29, 1.82) is 0 Å². The summed E-state index contributed by atoms with van der Waals surface area (Å²) in [5.41, 5.74) is 1.28. The molecule has 0 bridgehead atoms. The number of carbonyl (C=O) groups is 1. The molecule has 1 aliphatic heterocycles. The van der Waals surface area contributed by atoms with E-state index >= 15 is 0 Å². The molecule has 0 radical (unpaired) electrons. The summed E-state index contributed by atoms with van der Waals surface area (Å²) in [7, 11) is -2.10. The van der Waals surface area contributed by atoms with Crippen LogP contribution in [0.2, 0.25) is 5.02 Å². The van der Waals surface area contributed by atoms with E-state index in [0.717, 1.165) is 10.5 Å². The molecule has 0 aromatic heterocycles. The Morgan fingerprint density at radius 3 is 2.45 bits per heavy atom. The third kappa shape index (κ3) is 5.13. The van der Waals surface area contributed by atoms with E-state index in [2.05, 4.69) is 0 Å². The van der Waals surface area contributed by atoms with Crippen LogP contribution in [0.4, 0.5) is 0 Å². The molecule has 9 heteroatoms. The van der Waals surface area contributed by atoms with Gasteiger partial charge in [0, 0.05) is 37.1 Å². The van der Waals surface area contributed by atoms with E-state index in [0.29, 0.717) is 19.8 Å². The second-order valence-corrected chi connectivity index (χ2v) is 9.86. The van der Waals surface area contributed by atoms with Crippen molar-refractivity contribution in [1.82, 2.24) is 9.21 Å². The standard InChI is InChI=1S/C20H23ClN2O4S2/c1-22(14-15-3-6-17(28-2)7-4-15)20(24)16-5-8-18(21)19(13-16)29(25,26)23-9-11-27-12-10-23/h3-8,13H,9-12,14H2,1-2H3. The fourth-order valence-electron chi connectivity index (χ4n) is 3.06. The maximum atomic E-state index is 13.0. The molecule has 29 heavy (non-hydrogen) atoms. The first kappa shape index (κ1) is 22.1. The summed E-state index contributed by atoms with van der Waals surface area (Å²) in [4.78, 5) is 15.5. The Bertz CT molecular complexity index is 974. The summed E-state index contributed by atoms with van der Waals surface area (Å²) in [5, 5.41) is 0.100. The molecule has 2 aromatic carbocycles. The van der Waals surface area contributed by atoms with Crippen LogP contribution in [0, 0.1) is 0 Å². The van der Waals surface area contributed by atoms with Crippen molar-refractivity contribution in [3.05, 3.63) is 58.6 Å². The van der Waals surface area contributed by atoms with Crippen LogP contribution in [0.1, 0.15) is 15.9 Å². The number of benzene rings is 2. The molecule has 0 spiro atoms. The number of thioether (sulfide) groups is 1. The zero-order valence-corrected chi connectivity index (χ0v) is 18.7. The van der Waals surface area contributed by atoms with Gasteiger partial charge in [0.1, 0.15) is 4.90 Å². The van der Waals surface area contributed by atoms with Gasteiger partial charge in [-0.3, -0.25) is 4.79 Å². The first-order chi connectivity index (χ1) is 13.8. The summed E-state index contributed by atoms with van der Waals surface area (Å²) in [5.74, 6) is -0.269. The SMILES string of the molecule is CSc1ccc(CN(C)C(=O)c2ccc(Cl)c(S(=O)(=O)N3CCOCC3)c2)cc1. The largest absolute Gasteiger partial charge is 0.379 e. The fourth-order valence-corrected chi connectivity index (χ4v) is 5.37. The van der Waals surface area contributed by atoms with Gasteiger partial charge in [-0.05, 0) is 42.2 Å². The van der Waals surface area contributed by atoms with Crippen LogP contribution in [0.3, 0.4) is 0 Å². The molecule has 1 heterocycles. The Labute approximate surface area is 180 Å². The Morgan fingerprint density at radius 1 is 1.17 bits per heavy atom. The zero-order chi connectivity index (χ0) is 21.0.